The van der Waals surface area contributed by atoms with Gasteiger partial charge in [0.1, 0.15) is 11.9 Å². The number of rotatable bonds is 4. The van der Waals surface area contributed by atoms with E-state index in [1.807, 2.05) is 17.8 Å². The topological polar surface area (TPSA) is 38.5 Å². The number of hydrogen-bond acceptors (Lipinski definition) is 4. The zero-order chi connectivity index (χ0) is 15.5. The van der Waals surface area contributed by atoms with E-state index < -0.39 is 0 Å². The normalized spacial score (nSPS) is 29.7. The van der Waals surface area contributed by atoms with E-state index in [0.29, 0.717) is 18.1 Å². The zero-order valence-electron chi connectivity index (χ0n) is 13.1. The van der Waals surface area contributed by atoms with Gasteiger partial charge in [0.15, 0.2) is 0 Å². The van der Waals surface area contributed by atoms with Crippen LogP contribution in [-0.4, -0.2) is 42.6 Å². The highest BCUT2D eigenvalue weighted by Crippen LogP contribution is 2.37. The average Bonchev–Trinajstić information content (AvgIpc) is 2.91. The molecule has 2 N–H and O–H groups in total. The van der Waals surface area contributed by atoms with Crippen LogP contribution in [0, 0.1) is 5.92 Å². The van der Waals surface area contributed by atoms with Gasteiger partial charge in [-0.3, -0.25) is 4.90 Å². The van der Waals surface area contributed by atoms with Crippen molar-refractivity contribution in [1.82, 2.24) is 4.90 Å². The van der Waals surface area contributed by atoms with Crippen LogP contribution in [0.3, 0.4) is 0 Å². The molecule has 3 unspecified atom stereocenters. The number of benzene rings is 1. The maximum absolute atomic E-state index is 6.47. The molecule has 0 radical (unpaired) electrons. The van der Waals surface area contributed by atoms with Crippen molar-refractivity contribution >= 4 is 23.4 Å². The van der Waals surface area contributed by atoms with Crippen molar-refractivity contribution in [2.45, 2.75) is 31.4 Å². The van der Waals surface area contributed by atoms with Gasteiger partial charge in [0.25, 0.3) is 0 Å². The molecule has 2 aliphatic heterocycles. The first-order valence-electron chi connectivity index (χ1n) is 8.11. The minimum atomic E-state index is 0.304. The van der Waals surface area contributed by atoms with E-state index in [9.17, 15) is 0 Å². The Balaban J connectivity index is 1.69. The van der Waals surface area contributed by atoms with Gasteiger partial charge in [-0.1, -0.05) is 17.7 Å². The van der Waals surface area contributed by atoms with E-state index in [0.717, 1.165) is 42.5 Å². The number of likely N-dealkylation sites (tertiary alicyclic amines) is 1. The molecule has 0 spiro atoms. The zero-order valence-corrected chi connectivity index (χ0v) is 14.7. The number of nitrogens with two attached hydrogens (primary N) is 1. The van der Waals surface area contributed by atoms with Gasteiger partial charge in [0, 0.05) is 18.3 Å². The monoisotopic (exact) mass is 340 g/mol. The molecule has 2 heterocycles. The van der Waals surface area contributed by atoms with Crippen molar-refractivity contribution in [2.75, 3.05) is 31.6 Å². The minimum Gasteiger partial charge on any atom is -0.488 e. The van der Waals surface area contributed by atoms with Crippen LogP contribution in [-0.2, 0) is 0 Å². The molecule has 3 nitrogen and oxygen atoms in total. The first-order valence-corrected chi connectivity index (χ1v) is 9.64. The molecule has 0 aliphatic carbocycles. The fraction of sp³-hybridized carbons (Fsp3) is 0.647. The Labute approximate surface area is 142 Å². The highest BCUT2D eigenvalue weighted by Gasteiger charge is 2.30. The van der Waals surface area contributed by atoms with Crippen LogP contribution in [0.1, 0.15) is 30.9 Å². The molecule has 1 aromatic carbocycles. The first kappa shape index (κ1) is 16.4. The molecule has 3 atom stereocenters. The molecule has 0 bridgehead atoms. The van der Waals surface area contributed by atoms with Crippen LogP contribution in [0.15, 0.2) is 18.2 Å². The third-order valence-electron chi connectivity index (χ3n) is 4.72. The van der Waals surface area contributed by atoms with Crippen molar-refractivity contribution in [3.8, 4) is 5.75 Å². The summed E-state index contributed by atoms with van der Waals surface area (Å²) in [5.74, 6) is 3.74. The summed E-state index contributed by atoms with van der Waals surface area (Å²) in [6, 6.07) is 6.70. The summed E-state index contributed by atoms with van der Waals surface area (Å²) in [6.45, 7) is 1.82. The van der Waals surface area contributed by atoms with Gasteiger partial charge in [-0.2, -0.15) is 11.8 Å². The molecule has 2 fully saturated rings. The number of nitrogens with zero attached hydrogens (tertiary/aromatic N) is 1. The Morgan fingerprint density at radius 3 is 2.95 bits per heavy atom. The second-order valence-corrected chi connectivity index (χ2v) is 8.00. The Morgan fingerprint density at radius 2 is 2.32 bits per heavy atom. The maximum Gasteiger partial charge on any atom is 0.138 e. The molecule has 3 rings (SSSR count). The third kappa shape index (κ3) is 3.73. The Kier molecular flexibility index (Phi) is 5.55. The average molecular weight is 341 g/mol. The number of ether oxygens (including phenoxy) is 1. The van der Waals surface area contributed by atoms with Crippen molar-refractivity contribution < 1.29 is 4.74 Å². The highest BCUT2D eigenvalue weighted by molar-refractivity contribution is 7.99. The largest absolute Gasteiger partial charge is 0.488 e. The molecule has 0 amide bonds. The molecule has 0 aromatic heterocycles. The molecule has 5 heteroatoms. The minimum absolute atomic E-state index is 0.304. The standard InChI is InChI=1S/C17H25ClN2OS/c1-20-10-12(9-19)7-16(20)13-4-5-17(15(18)8-13)21-14-3-2-6-22-11-14/h4-5,8,12,14,16H,2-3,6-7,9-11,19H2,1H3. The summed E-state index contributed by atoms with van der Waals surface area (Å²) < 4.78 is 6.09. The van der Waals surface area contributed by atoms with Gasteiger partial charge in [-0.15, -0.1) is 0 Å². The quantitative estimate of drug-likeness (QED) is 0.909. The van der Waals surface area contributed by atoms with Gasteiger partial charge in [0.2, 0.25) is 0 Å². The second-order valence-electron chi connectivity index (χ2n) is 6.44. The van der Waals surface area contributed by atoms with E-state index in [1.165, 1.54) is 17.7 Å². The van der Waals surface area contributed by atoms with Crippen LogP contribution >= 0.6 is 23.4 Å². The molecule has 122 valence electrons. The summed E-state index contributed by atoms with van der Waals surface area (Å²) >= 11 is 8.44. The van der Waals surface area contributed by atoms with Crippen LogP contribution < -0.4 is 10.5 Å². The lowest BCUT2D eigenvalue weighted by atomic mass is 10.00. The fourth-order valence-corrected chi connectivity index (χ4v) is 4.74. The number of thioether (sulfide) groups is 1. The van der Waals surface area contributed by atoms with E-state index >= 15 is 0 Å². The van der Waals surface area contributed by atoms with Crippen LogP contribution in [0.25, 0.3) is 0 Å². The maximum atomic E-state index is 6.47. The third-order valence-corrected chi connectivity index (χ3v) is 6.20. The lowest BCUT2D eigenvalue weighted by Gasteiger charge is -2.24. The van der Waals surface area contributed by atoms with E-state index in [1.54, 1.807) is 0 Å². The molecule has 1 aromatic rings. The highest BCUT2D eigenvalue weighted by atomic mass is 35.5. The lowest BCUT2D eigenvalue weighted by Crippen LogP contribution is -2.23. The van der Waals surface area contributed by atoms with Crippen LogP contribution in [0.4, 0.5) is 0 Å². The summed E-state index contributed by atoms with van der Waals surface area (Å²) in [5, 5.41) is 0.734. The van der Waals surface area contributed by atoms with Crippen molar-refractivity contribution in [2.24, 2.45) is 11.7 Å². The Bertz CT molecular complexity index is 507. The van der Waals surface area contributed by atoms with E-state index in [2.05, 4.69) is 24.1 Å². The lowest BCUT2D eigenvalue weighted by molar-refractivity contribution is 0.211. The van der Waals surface area contributed by atoms with Gasteiger partial charge in [-0.25, -0.2) is 0 Å². The van der Waals surface area contributed by atoms with Crippen LogP contribution in [0.5, 0.6) is 5.75 Å². The van der Waals surface area contributed by atoms with Crippen molar-refractivity contribution in [1.29, 1.82) is 0 Å². The fourth-order valence-electron chi connectivity index (χ4n) is 3.47. The molecule has 22 heavy (non-hydrogen) atoms. The number of hydrogen-bond donors (Lipinski definition) is 1. The molecule has 0 saturated carbocycles. The second kappa shape index (κ2) is 7.43. The number of halogens is 1. The molecule has 2 aliphatic rings. The molecular weight excluding hydrogens is 316 g/mol. The van der Waals surface area contributed by atoms with Gasteiger partial charge < -0.3 is 10.5 Å². The summed E-state index contributed by atoms with van der Waals surface area (Å²) in [6.07, 6.45) is 3.79. The predicted molar refractivity (Wildman–Crippen MR) is 95.0 cm³/mol. The van der Waals surface area contributed by atoms with Gasteiger partial charge >= 0.3 is 0 Å². The Morgan fingerprint density at radius 1 is 1.45 bits per heavy atom. The van der Waals surface area contributed by atoms with Gasteiger partial charge in [0.05, 0.1) is 5.02 Å². The van der Waals surface area contributed by atoms with Crippen LogP contribution in [0.2, 0.25) is 5.02 Å². The Hall–Kier alpha value is -0.420. The smallest absolute Gasteiger partial charge is 0.138 e. The summed E-state index contributed by atoms with van der Waals surface area (Å²) in [4.78, 5) is 2.38. The predicted octanol–water partition coefficient (Wildman–Crippen LogP) is 3.57. The van der Waals surface area contributed by atoms with Crippen molar-refractivity contribution in [3.05, 3.63) is 28.8 Å². The van der Waals surface area contributed by atoms with E-state index in [4.69, 9.17) is 22.1 Å². The van der Waals surface area contributed by atoms with Gasteiger partial charge in [-0.05, 0) is 62.2 Å². The van der Waals surface area contributed by atoms with Crippen molar-refractivity contribution in [3.63, 3.8) is 0 Å². The van der Waals surface area contributed by atoms with E-state index in [-0.39, 0.29) is 0 Å². The summed E-state index contributed by atoms with van der Waals surface area (Å²) in [5.41, 5.74) is 7.09. The summed E-state index contributed by atoms with van der Waals surface area (Å²) in [7, 11) is 2.16. The molecular formula is C17H25ClN2OS. The molecule has 2 saturated heterocycles. The SMILES string of the molecule is CN1CC(CN)CC1c1ccc(OC2CCCSC2)c(Cl)c1. The first-order chi connectivity index (χ1) is 10.7.